The fourth-order valence-corrected chi connectivity index (χ4v) is 5.58. The highest BCUT2D eigenvalue weighted by Gasteiger charge is 2.31. The Morgan fingerprint density at radius 3 is 2.77 bits per heavy atom. The highest BCUT2D eigenvalue weighted by atomic mass is 19.1. The van der Waals surface area contributed by atoms with Crippen LogP contribution in [0, 0.1) is 11.6 Å². The Kier molecular flexibility index (Phi) is 5.42. The Hall–Kier alpha value is -4.61. The molecule has 1 amide bonds. The molecule has 0 bridgehead atoms. The van der Waals surface area contributed by atoms with E-state index in [0.717, 1.165) is 12.8 Å². The van der Waals surface area contributed by atoms with Crippen molar-refractivity contribution in [2.75, 3.05) is 19.7 Å². The highest BCUT2D eigenvalue weighted by molar-refractivity contribution is 5.80. The first-order chi connectivity index (χ1) is 19.0. The molecule has 198 valence electrons. The summed E-state index contributed by atoms with van der Waals surface area (Å²) in [6, 6.07) is 8.24. The number of aromatic nitrogens is 6. The molecule has 7 rings (SSSR count). The molecule has 2 aliphatic heterocycles. The van der Waals surface area contributed by atoms with Crippen molar-refractivity contribution >= 4 is 28.1 Å². The van der Waals surface area contributed by atoms with Crippen LogP contribution in [0.2, 0.25) is 0 Å². The van der Waals surface area contributed by atoms with Crippen molar-refractivity contribution in [3.05, 3.63) is 76.6 Å². The minimum absolute atomic E-state index is 0.0973. The summed E-state index contributed by atoms with van der Waals surface area (Å²) in [4.78, 5) is 42.3. The number of rotatable bonds is 4. The van der Waals surface area contributed by atoms with Crippen LogP contribution in [-0.2, 0) is 11.3 Å². The van der Waals surface area contributed by atoms with Gasteiger partial charge < -0.3 is 9.64 Å². The minimum Gasteiger partial charge on any atom is -0.490 e. The van der Waals surface area contributed by atoms with Crippen molar-refractivity contribution in [3.8, 4) is 11.7 Å². The topological polar surface area (TPSA) is 100 Å². The van der Waals surface area contributed by atoms with E-state index >= 15 is 0 Å². The van der Waals surface area contributed by atoms with Crippen molar-refractivity contribution in [1.82, 2.24) is 33.6 Å². The number of hydrogen-bond donors (Lipinski definition) is 0. The first kappa shape index (κ1) is 23.5. The Labute approximate surface area is 220 Å². The molecule has 39 heavy (non-hydrogen) atoms. The molecule has 0 aliphatic carbocycles. The van der Waals surface area contributed by atoms with Gasteiger partial charge in [0, 0.05) is 31.1 Å². The second-order valence-corrected chi connectivity index (χ2v) is 9.76. The third-order valence-corrected chi connectivity index (χ3v) is 7.48. The lowest BCUT2D eigenvalue weighted by Gasteiger charge is -2.26. The van der Waals surface area contributed by atoms with Crippen LogP contribution in [0.15, 0.2) is 53.7 Å². The van der Waals surface area contributed by atoms with Gasteiger partial charge in [-0.2, -0.15) is 4.98 Å². The number of carbonyl (C=O) groups is 1. The molecular weight excluding hydrogens is 508 g/mol. The third kappa shape index (κ3) is 3.77. The quantitative estimate of drug-likeness (QED) is 0.353. The number of hydrogen-bond acceptors (Lipinski definition) is 6. The molecule has 10 nitrogen and oxygen atoms in total. The van der Waals surface area contributed by atoms with E-state index in [9.17, 15) is 18.4 Å². The van der Waals surface area contributed by atoms with Gasteiger partial charge in [0.1, 0.15) is 24.2 Å². The normalized spacial score (nSPS) is 17.1. The molecule has 0 N–H and O–H groups in total. The second kappa shape index (κ2) is 9.00. The fraction of sp³-hybridized carbons (Fsp3) is 0.296. The number of fused-ring (bicyclic) bond motifs is 3. The van der Waals surface area contributed by atoms with Gasteiger partial charge in [-0.25, -0.2) is 23.5 Å². The largest absolute Gasteiger partial charge is 0.490 e. The molecule has 0 spiro atoms. The molecule has 5 heterocycles. The fourth-order valence-electron chi connectivity index (χ4n) is 5.58. The first-order valence-corrected chi connectivity index (χ1v) is 12.8. The SMILES string of the molecule is O=C(Cn1c(=O)n([C@@H]2CCOc3c(F)cccc32)c2nc(-n3cnc4ccc(F)cc43)ncc21)N1CCCC1. The van der Waals surface area contributed by atoms with E-state index in [-0.39, 0.29) is 36.4 Å². The van der Waals surface area contributed by atoms with Crippen molar-refractivity contribution in [3.63, 3.8) is 0 Å². The lowest BCUT2D eigenvalue weighted by molar-refractivity contribution is -0.130. The van der Waals surface area contributed by atoms with Crippen LogP contribution < -0.4 is 10.4 Å². The number of carbonyl (C=O) groups excluding carboxylic acids is 1. The van der Waals surface area contributed by atoms with Crippen LogP contribution >= 0.6 is 0 Å². The van der Waals surface area contributed by atoms with E-state index in [1.807, 2.05) is 0 Å². The first-order valence-electron chi connectivity index (χ1n) is 12.8. The van der Waals surface area contributed by atoms with Crippen molar-refractivity contribution < 1.29 is 18.3 Å². The molecule has 0 unspecified atom stereocenters. The van der Waals surface area contributed by atoms with E-state index < -0.39 is 23.4 Å². The van der Waals surface area contributed by atoms with Gasteiger partial charge in [-0.1, -0.05) is 12.1 Å². The van der Waals surface area contributed by atoms with Gasteiger partial charge >= 0.3 is 5.69 Å². The number of imidazole rings is 2. The average molecular weight is 532 g/mol. The van der Waals surface area contributed by atoms with Crippen LogP contribution in [0.4, 0.5) is 8.78 Å². The number of amides is 1. The van der Waals surface area contributed by atoms with Crippen LogP contribution in [0.3, 0.4) is 0 Å². The molecule has 5 aromatic rings. The van der Waals surface area contributed by atoms with Crippen LogP contribution in [0.5, 0.6) is 5.75 Å². The Morgan fingerprint density at radius 1 is 1.08 bits per heavy atom. The summed E-state index contributed by atoms with van der Waals surface area (Å²) in [5.74, 6) is -0.832. The zero-order chi connectivity index (χ0) is 26.7. The Morgan fingerprint density at radius 2 is 1.92 bits per heavy atom. The van der Waals surface area contributed by atoms with Gasteiger partial charge in [0.25, 0.3) is 0 Å². The Bertz CT molecular complexity index is 1820. The summed E-state index contributed by atoms with van der Waals surface area (Å²) in [7, 11) is 0. The van der Waals surface area contributed by atoms with E-state index in [4.69, 9.17) is 9.72 Å². The zero-order valence-corrected chi connectivity index (χ0v) is 20.8. The Balaban J connectivity index is 1.43. The number of likely N-dealkylation sites (tertiary alicyclic amines) is 1. The standard InChI is InChI=1S/C27H23F2N7O3/c28-16-6-7-19-21(12-16)35(15-31-19)26-30-13-22-25(32-26)36(20-8-11-39-24-17(20)4-3-5-18(24)29)27(38)34(22)14-23(37)33-9-1-2-10-33/h3-7,12-13,15,20H,1-2,8-11,14H2/t20-/m1/s1. The van der Waals surface area contributed by atoms with Crippen LogP contribution in [0.25, 0.3) is 28.1 Å². The summed E-state index contributed by atoms with van der Waals surface area (Å²) in [6.45, 7) is 1.35. The summed E-state index contributed by atoms with van der Waals surface area (Å²) in [6.07, 6.45) is 5.23. The van der Waals surface area contributed by atoms with Crippen molar-refractivity contribution in [2.45, 2.75) is 31.8 Å². The molecule has 1 saturated heterocycles. The number of benzene rings is 2. The van der Waals surface area contributed by atoms with Crippen molar-refractivity contribution in [1.29, 1.82) is 0 Å². The molecule has 2 aromatic carbocycles. The molecule has 0 saturated carbocycles. The maximum atomic E-state index is 14.6. The van der Waals surface area contributed by atoms with E-state index in [1.165, 1.54) is 44.4 Å². The summed E-state index contributed by atoms with van der Waals surface area (Å²) in [5.41, 5.74) is 1.73. The zero-order valence-electron chi connectivity index (χ0n) is 20.8. The van der Waals surface area contributed by atoms with Crippen LogP contribution in [-0.4, -0.2) is 59.2 Å². The predicted octanol–water partition coefficient (Wildman–Crippen LogP) is 3.20. The smallest absolute Gasteiger partial charge is 0.331 e. The van der Waals surface area contributed by atoms with Crippen LogP contribution in [0.1, 0.15) is 30.9 Å². The van der Waals surface area contributed by atoms with E-state index in [0.29, 0.717) is 41.6 Å². The van der Waals surface area contributed by atoms with E-state index in [1.54, 1.807) is 23.1 Å². The van der Waals surface area contributed by atoms with Crippen molar-refractivity contribution in [2.24, 2.45) is 0 Å². The van der Waals surface area contributed by atoms with Gasteiger partial charge in [0.05, 0.1) is 29.9 Å². The lowest BCUT2D eigenvalue weighted by Crippen LogP contribution is -2.36. The summed E-state index contributed by atoms with van der Waals surface area (Å²) < 4.78 is 38.7. The number of halogens is 2. The molecule has 2 aliphatic rings. The van der Waals surface area contributed by atoms with Gasteiger partial charge in [0.15, 0.2) is 17.2 Å². The summed E-state index contributed by atoms with van der Waals surface area (Å²) in [5, 5.41) is 0. The van der Waals surface area contributed by atoms with Gasteiger partial charge in [-0.15, -0.1) is 0 Å². The monoisotopic (exact) mass is 531 g/mol. The minimum atomic E-state index is -0.581. The molecule has 12 heteroatoms. The molecule has 1 fully saturated rings. The number of nitrogens with zero attached hydrogens (tertiary/aromatic N) is 7. The third-order valence-electron chi connectivity index (χ3n) is 7.48. The predicted molar refractivity (Wildman–Crippen MR) is 137 cm³/mol. The molecule has 1 atom stereocenters. The molecular formula is C27H23F2N7O3. The van der Waals surface area contributed by atoms with E-state index in [2.05, 4.69) is 9.97 Å². The average Bonchev–Trinajstić information content (AvgIpc) is 3.68. The maximum Gasteiger partial charge on any atom is 0.331 e. The lowest BCUT2D eigenvalue weighted by atomic mass is 10.00. The van der Waals surface area contributed by atoms with Gasteiger partial charge in [-0.3, -0.25) is 18.5 Å². The highest BCUT2D eigenvalue weighted by Crippen LogP contribution is 2.37. The molecule has 0 radical (unpaired) electrons. The molecule has 3 aromatic heterocycles. The number of para-hydroxylation sites is 1. The van der Waals surface area contributed by atoms with Gasteiger partial charge in [-0.05, 0) is 31.0 Å². The van der Waals surface area contributed by atoms with Gasteiger partial charge in [0.2, 0.25) is 11.9 Å². The number of ether oxygens (including phenoxy) is 1. The summed E-state index contributed by atoms with van der Waals surface area (Å²) >= 11 is 0. The second-order valence-electron chi connectivity index (χ2n) is 9.76. The maximum absolute atomic E-state index is 14.6.